The minimum Gasteiger partial charge on any atom is -0.493 e. The Balaban J connectivity index is 0.000000170. The molecule has 0 fully saturated rings. The smallest absolute Gasteiger partial charge is 0.326 e. The van der Waals surface area contributed by atoms with E-state index in [1.807, 2.05) is 95.5 Å². The molecule has 14 heteroatoms. The number of carboxylic acids is 2. The Morgan fingerprint density at radius 2 is 0.897 bits per heavy atom. The lowest BCUT2D eigenvalue weighted by molar-refractivity contribution is -0.141. The summed E-state index contributed by atoms with van der Waals surface area (Å²) in [5.74, 6) is 1.52. The first-order valence-electron chi connectivity index (χ1n) is 23.5. The highest BCUT2D eigenvalue weighted by molar-refractivity contribution is 7.15. The Kier molecular flexibility index (Phi) is 14.7. The van der Waals surface area contributed by atoms with E-state index in [2.05, 4.69) is 24.3 Å². The van der Waals surface area contributed by atoms with Crippen LogP contribution in [-0.4, -0.2) is 67.7 Å². The van der Waals surface area contributed by atoms with Gasteiger partial charge in [-0.2, -0.15) is 0 Å². The molecule has 4 heterocycles. The zero-order chi connectivity index (χ0) is 47.0. The monoisotopic (exact) mass is 952 g/mol. The van der Waals surface area contributed by atoms with E-state index < -0.39 is 24.0 Å². The SMILES string of the molecule is C[C@@H](C(=O)O)n1ccc2cc(OCCCOc3ccc(-c4nc5c(s4)CCCC5)cc3)ccc21.C[C@H](C(=O)O)n1ccc2cc(OCCCOc3ccc(-c4nc5c(s4)CCCC5)cc3)ccc21. The van der Waals surface area contributed by atoms with E-state index in [4.69, 9.17) is 28.9 Å². The molecule has 4 aromatic heterocycles. The summed E-state index contributed by atoms with van der Waals surface area (Å²) in [6.07, 6.45) is 14.7. The molecule has 8 aromatic rings. The van der Waals surface area contributed by atoms with Gasteiger partial charge in [-0.15, -0.1) is 22.7 Å². The highest BCUT2D eigenvalue weighted by atomic mass is 32.1. The lowest BCUT2D eigenvalue weighted by Crippen LogP contribution is -2.14. The van der Waals surface area contributed by atoms with Crippen LogP contribution in [0.25, 0.3) is 42.9 Å². The molecule has 68 heavy (non-hydrogen) atoms. The second-order valence-corrected chi connectivity index (χ2v) is 19.4. The average Bonchev–Trinajstić information content (AvgIpc) is 4.18. The summed E-state index contributed by atoms with van der Waals surface area (Å²) in [7, 11) is 0. The van der Waals surface area contributed by atoms with Gasteiger partial charge in [0.1, 0.15) is 45.1 Å². The number of thiazole rings is 2. The first kappa shape index (κ1) is 46.5. The molecule has 0 bridgehead atoms. The van der Waals surface area contributed by atoms with Gasteiger partial charge < -0.3 is 38.3 Å². The maximum absolute atomic E-state index is 11.3. The van der Waals surface area contributed by atoms with Crippen molar-refractivity contribution in [3.8, 4) is 44.1 Å². The third kappa shape index (κ3) is 11.0. The Labute approximate surface area is 403 Å². The van der Waals surface area contributed by atoms with Gasteiger partial charge in [0.2, 0.25) is 0 Å². The van der Waals surface area contributed by atoms with Crippen LogP contribution in [0.4, 0.5) is 0 Å². The van der Waals surface area contributed by atoms with Gasteiger partial charge in [-0.1, -0.05) is 0 Å². The van der Waals surface area contributed by atoms with Crippen molar-refractivity contribution in [2.45, 2.75) is 90.1 Å². The zero-order valence-electron chi connectivity index (χ0n) is 38.4. The number of fused-ring (bicyclic) bond motifs is 4. The van der Waals surface area contributed by atoms with Crippen LogP contribution in [0.5, 0.6) is 23.0 Å². The average molecular weight is 953 g/mol. The van der Waals surface area contributed by atoms with E-state index in [0.717, 1.165) is 91.6 Å². The molecule has 10 rings (SSSR count). The molecule has 0 aliphatic heterocycles. The third-order valence-corrected chi connectivity index (χ3v) is 14.9. The topological polar surface area (TPSA) is 147 Å². The van der Waals surface area contributed by atoms with Gasteiger partial charge in [0.05, 0.1) is 37.8 Å². The standard InChI is InChI=1S/2C27H28N2O4S/c2*1-18(27(30)31)29-14-13-20-17-22(11-12-24(20)29)33-16-4-15-32-21-9-7-19(8-10-21)26-28-23-5-2-3-6-25(23)34-26/h2*7-14,17-18H,2-6,15-16H2,1H3,(H,30,31)/t2*18-/m10/s1. The van der Waals surface area contributed by atoms with Crippen LogP contribution < -0.4 is 18.9 Å². The number of aryl methyl sites for hydroxylation is 4. The van der Waals surface area contributed by atoms with Crippen molar-refractivity contribution in [3.63, 3.8) is 0 Å². The Bertz CT molecular complexity index is 2740. The predicted molar refractivity (Wildman–Crippen MR) is 268 cm³/mol. The molecule has 2 aliphatic rings. The molecular weight excluding hydrogens is 897 g/mol. The quantitative estimate of drug-likeness (QED) is 0.0797. The maximum atomic E-state index is 11.3. The van der Waals surface area contributed by atoms with Crippen molar-refractivity contribution in [3.05, 3.63) is 131 Å². The van der Waals surface area contributed by atoms with E-state index in [1.165, 1.54) is 59.7 Å². The van der Waals surface area contributed by atoms with Crippen molar-refractivity contribution < 1.29 is 38.7 Å². The first-order valence-corrected chi connectivity index (χ1v) is 25.2. The fourth-order valence-electron chi connectivity index (χ4n) is 8.59. The predicted octanol–water partition coefficient (Wildman–Crippen LogP) is 12.3. The summed E-state index contributed by atoms with van der Waals surface area (Å²) in [6, 6.07) is 30.4. The number of aliphatic carboxylic acids is 2. The molecule has 0 unspecified atom stereocenters. The van der Waals surface area contributed by atoms with Crippen molar-refractivity contribution in [1.29, 1.82) is 0 Å². The van der Waals surface area contributed by atoms with Crippen LogP contribution >= 0.6 is 22.7 Å². The number of carbonyl (C=O) groups is 2. The third-order valence-electron chi connectivity index (χ3n) is 12.5. The van der Waals surface area contributed by atoms with Crippen molar-refractivity contribution in [1.82, 2.24) is 19.1 Å². The summed E-state index contributed by atoms with van der Waals surface area (Å²) < 4.78 is 27.0. The fourth-order valence-corrected chi connectivity index (χ4v) is 10.9. The van der Waals surface area contributed by atoms with Gasteiger partial charge in [-0.3, -0.25) is 0 Å². The van der Waals surface area contributed by atoms with Crippen LogP contribution in [0.3, 0.4) is 0 Å². The second-order valence-electron chi connectivity index (χ2n) is 17.3. The van der Waals surface area contributed by atoms with E-state index in [9.17, 15) is 19.8 Å². The Morgan fingerprint density at radius 3 is 1.28 bits per heavy atom. The molecule has 2 aliphatic carbocycles. The molecule has 0 saturated heterocycles. The fraction of sp³-hybridized carbons (Fsp3) is 0.333. The molecule has 0 saturated carbocycles. The normalized spacial score (nSPS) is 14.0. The van der Waals surface area contributed by atoms with Gasteiger partial charge in [0.15, 0.2) is 0 Å². The number of carboxylic acid groups (broad SMARTS) is 2. The van der Waals surface area contributed by atoms with E-state index in [0.29, 0.717) is 26.4 Å². The van der Waals surface area contributed by atoms with Gasteiger partial charge in [-0.05, 0) is 162 Å². The largest absolute Gasteiger partial charge is 0.493 e. The number of nitrogens with zero attached hydrogens (tertiary/aromatic N) is 4. The Hall–Kier alpha value is -6.64. The number of aromatic nitrogens is 4. The molecule has 12 nitrogen and oxygen atoms in total. The lowest BCUT2D eigenvalue weighted by Gasteiger charge is -2.11. The van der Waals surface area contributed by atoms with Crippen LogP contribution in [-0.2, 0) is 35.3 Å². The molecule has 0 radical (unpaired) electrons. The van der Waals surface area contributed by atoms with Crippen LogP contribution in [0.2, 0.25) is 0 Å². The molecule has 2 N–H and O–H groups in total. The van der Waals surface area contributed by atoms with E-state index in [-0.39, 0.29) is 0 Å². The van der Waals surface area contributed by atoms with Crippen molar-refractivity contribution >= 4 is 56.4 Å². The highest BCUT2D eigenvalue weighted by Crippen LogP contribution is 2.35. The van der Waals surface area contributed by atoms with Crippen LogP contribution in [0, 0.1) is 0 Å². The summed E-state index contributed by atoms with van der Waals surface area (Å²) in [4.78, 5) is 35.1. The van der Waals surface area contributed by atoms with Crippen molar-refractivity contribution in [2.24, 2.45) is 0 Å². The van der Waals surface area contributed by atoms with Crippen molar-refractivity contribution in [2.75, 3.05) is 26.4 Å². The Morgan fingerprint density at radius 1 is 0.529 bits per heavy atom. The molecule has 4 aromatic carbocycles. The first-order chi connectivity index (χ1) is 33.2. The minimum atomic E-state index is -0.852. The van der Waals surface area contributed by atoms with Crippen LogP contribution in [0.15, 0.2) is 109 Å². The van der Waals surface area contributed by atoms with E-state index in [1.54, 1.807) is 35.4 Å². The minimum absolute atomic E-state index is 0.542. The number of benzene rings is 4. The summed E-state index contributed by atoms with van der Waals surface area (Å²) in [5, 5.41) is 22.6. The summed E-state index contributed by atoms with van der Waals surface area (Å²) in [6.45, 7) is 5.57. The summed E-state index contributed by atoms with van der Waals surface area (Å²) in [5.41, 5.74) is 6.64. The maximum Gasteiger partial charge on any atom is 0.326 e. The van der Waals surface area contributed by atoms with Gasteiger partial charge in [0, 0.05) is 67.9 Å². The second kappa shape index (κ2) is 21.5. The molecule has 0 spiro atoms. The lowest BCUT2D eigenvalue weighted by atomic mass is 10.0. The van der Waals surface area contributed by atoms with Gasteiger partial charge in [-0.25, -0.2) is 19.6 Å². The van der Waals surface area contributed by atoms with Gasteiger partial charge in [0.25, 0.3) is 0 Å². The van der Waals surface area contributed by atoms with Gasteiger partial charge >= 0.3 is 11.9 Å². The molecule has 2 atom stereocenters. The van der Waals surface area contributed by atoms with Crippen LogP contribution in [0.1, 0.15) is 85.6 Å². The molecule has 352 valence electrons. The molecule has 0 amide bonds. The molecular formula is C54H56N4O8S2. The summed E-state index contributed by atoms with van der Waals surface area (Å²) >= 11 is 3.65. The highest BCUT2D eigenvalue weighted by Gasteiger charge is 2.19. The van der Waals surface area contributed by atoms with E-state index >= 15 is 0 Å². The number of ether oxygens (including phenoxy) is 4. The number of hydrogen-bond donors (Lipinski definition) is 2. The number of hydrogen-bond acceptors (Lipinski definition) is 10. The number of rotatable bonds is 18. The zero-order valence-corrected chi connectivity index (χ0v) is 40.0.